The number of carbonyl (C=O) groups excluding carboxylic acids is 1. The van der Waals surface area contributed by atoms with E-state index in [9.17, 15) is 4.79 Å². The lowest BCUT2D eigenvalue weighted by atomic mass is 9.78. The molecule has 1 unspecified atom stereocenters. The molecule has 0 spiro atoms. The van der Waals surface area contributed by atoms with E-state index < -0.39 is 0 Å². The van der Waals surface area contributed by atoms with Crippen LogP contribution in [-0.4, -0.2) is 51.0 Å². The van der Waals surface area contributed by atoms with Crippen molar-refractivity contribution in [2.75, 3.05) is 34.2 Å². The topological polar surface area (TPSA) is 56.7 Å². The normalized spacial score (nSPS) is 21.2. The van der Waals surface area contributed by atoms with Crippen molar-refractivity contribution in [1.29, 1.82) is 0 Å². The Hall–Kier alpha value is -2.04. The molecular weight excluding hydrogens is 312 g/mol. The lowest BCUT2D eigenvalue weighted by Crippen LogP contribution is -2.49. The van der Waals surface area contributed by atoms with Gasteiger partial charge < -0.3 is 15.5 Å². The number of guanidine groups is 1. The summed E-state index contributed by atoms with van der Waals surface area (Å²) >= 11 is 0. The quantitative estimate of drug-likeness (QED) is 0.637. The van der Waals surface area contributed by atoms with Crippen LogP contribution in [0.3, 0.4) is 0 Å². The molecule has 5 heteroatoms. The van der Waals surface area contributed by atoms with Gasteiger partial charge in [0.15, 0.2) is 5.96 Å². The number of hydrogen-bond donors (Lipinski definition) is 2. The second-order valence-corrected chi connectivity index (χ2v) is 7.59. The molecule has 1 fully saturated rings. The second kappa shape index (κ2) is 7.46. The predicted molar refractivity (Wildman–Crippen MR) is 102 cm³/mol. The van der Waals surface area contributed by atoms with Gasteiger partial charge in [-0.25, -0.2) is 0 Å². The highest BCUT2D eigenvalue weighted by Crippen LogP contribution is 2.39. The van der Waals surface area contributed by atoms with E-state index in [-0.39, 0.29) is 11.3 Å². The molecule has 1 aromatic rings. The van der Waals surface area contributed by atoms with Gasteiger partial charge in [0.2, 0.25) is 5.91 Å². The Kier molecular flexibility index (Phi) is 5.30. The SMILES string of the molecule is CN=C(NCC1Cc2ccccc21)NCC1(C(=O)N(C)C)CCCC1. The summed E-state index contributed by atoms with van der Waals surface area (Å²) in [6, 6.07) is 8.63. The van der Waals surface area contributed by atoms with Crippen molar-refractivity contribution in [3.8, 4) is 0 Å². The van der Waals surface area contributed by atoms with Crippen LogP contribution in [-0.2, 0) is 11.2 Å². The summed E-state index contributed by atoms with van der Waals surface area (Å²) in [6.45, 7) is 1.54. The Labute approximate surface area is 150 Å². The van der Waals surface area contributed by atoms with E-state index in [2.05, 4.69) is 39.9 Å². The maximum absolute atomic E-state index is 12.7. The van der Waals surface area contributed by atoms with E-state index in [0.717, 1.165) is 44.6 Å². The minimum absolute atomic E-state index is 0.237. The van der Waals surface area contributed by atoms with Gasteiger partial charge in [-0.05, 0) is 30.4 Å². The largest absolute Gasteiger partial charge is 0.356 e. The van der Waals surface area contributed by atoms with Crippen molar-refractivity contribution in [3.63, 3.8) is 0 Å². The third-order valence-electron chi connectivity index (χ3n) is 5.72. The van der Waals surface area contributed by atoms with Gasteiger partial charge in [-0.3, -0.25) is 9.79 Å². The summed E-state index contributed by atoms with van der Waals surface area (Å²) in [5.41, 5.74) is 2.63. The maximum Gasteiger partial charge on any atom is 0.230 e. The van der Waals surface area contributed by atoms with Crippen molar-refractivity contribution in [1.82, 2.24) is 15.5 Å². The van der Waals surface area contributed by atoms with Crippen molar-refractivity contribution in [3.05, 3.63) is 35.4 Å². The molecule has 1 amide bonds. The summed E-state index contributed by atoms with van der Waals surface area (Å²) < 4.78 is 0. The fraction of sp³-hybridized carbons (Fsp3) is 0.600. The van der Waals surface area contributed by atoms with Gasteiger partial charge in [-0.1, -0.05) is 37.1 Å². The van der Waals surface area contributed by atoms with Gasteiger partial charge in [-0.15, -0.1) is 0 Å². The van der Waals surface area contributed by atoms with Crippen LogP contribution in [0.2, 0.25) is 0 Å². The first-order valence-electron chi connectivity index (χ1n) is 9.30. The smallest absolute Gasteiger partial charge is 0.230 e. The van der Waals surface area contributed by atoms with Crippen LogP contribution >= 0.6 is 0 Å². The second-order valence-electron chi connectivity index (χ2n) is 7.59. The molecule has 5 nitrogen and oxygen atoms in total. The van der Waals surface area contributed by atoms with Crippen LogP contribution in [0.1, 0.15) is 42.7 Å². The van der Waals surface area contributed by atoms with Crippen molar-refractivity contribution >= 4 is 11.9 Å². The van der Waals surface area contributed by atoms with E-state index >= 15 is 0 Å². The van der Waals surface area contributed by atoms with E-state index in [1.807, 2.05) is 14.1 Å². The van der Waals surface area contributed by atoms with E-state index in [4.69, 9.17) is 0 Å². The highest BCUT2D eigenvalue weighted by atomic mass is 16.2. The van der Waals surface area contributed by atoms with Crippen LogP contribution < -0.4 is 10.6 Å². The van der Waals surface area contributed by atoms with E-state index in [1.54, 1.807) is 11.9 Å². The highest BCUT2D eigenvalue weighted by Gasteiger charge is 2.42. The summed E-state index contributed by atoms with van der Waals surface area (Å²) in [5.74, 6) is 1.58. The van der Waals surface area contributed by atoms with Gasteiger partial charge in [0.05, 0.1) is 5.41 Å². The standard InChI is InChI=1S/C20H30N4O/c1-21-19(22-13-16-12-15-8-4-5-9-17(15)16)23-14-20(10-6-7-11-20)18(25)24(2)3/h4-5,8-9,16H,6-7,10-14H2,1-3H3,(H2,21,22,23). The fourth-order valence-electron chi connectivity index (χ4n) is 4.23. The number of amides is 1. The van der Waals surface area contributed by atoms with Crippen LogP contribution in [0.5, 0.6) is 0 Å². The van der Waals surface area contributed by atoms with Gasteiger partial charge in [0.1, 0.15) is 0 Å². The molecule has 1 saturated carbocycles. The maximum atomic E-state index is 12.7. The van der Waals surface area contributed by atoms with Gasteiger partial charge in [0.25, 0.3) is 0 Å². The summed E-state index contributed by atoms with van der Waals surface area (Å²) in [5, 5.41) is 6.84. The zero-order valence-corrected chi connectivity index (χ0v) is 15.6. The Morgan fingerprint density at radius 3 is 2.60 bits per heavy atom. The number of fused-ring (bicyclic) bond motifs is 1. The van der Waals surface area contributed by atoms with Gasteiger partial charge >= 0.3 is 0 Å². The molecule has 2 aliphatic rings. The number of hydrogen-bond acceptors (Lipinski definition) is 2. The predicted octanol–water partition coefficient (Wildman–Crippen LogP) is 2.14. The molecule has 1 aromatic carbocycles. The number of carbonyl (C=O) groups is 1. The summed E-state index contributed by atoms with van der Waals surface area (Å²) in [6.07, 6.45) is 5.32. The molecule has 1 atom stereocenters. The molecule has 136 valence electrons. The fourth-order valence-corrected chi connectivity index (χ4v) is 4.23. The first-order valence-corrected chi connectivity index (χ1v) is 9.30. The zero-order valence-electron chi connectivity index (χ0n) is 15.6. The lowest BCUT2D eigenvalue weighted by Gasteiger charge is -2.33. The molecule has 0 radical (unpaired) electrons. The molecule has 0 aromatic heterocycles. The first kappa shape index (κ1) is 17.8. The molecule has 0 aliphatic heterocycles. The third kappa shape index (κ3) is 3.65. The Balaban J connectivity index is 1.53. The van der Waals surface area contributed by atoms with Crippen molar-refractivity contribution < 1.29 is 4.79 Å². The van der Waals surface area contributed by atoms with Crippen molar-refractivity contribution in [2.45, 2.75) is 38.0 Å². The number of rotatable bonds is 5. The molecule has 25 heavy (non-hydrogen) atoms. The molecule has 0 bridgehead atoms. The highest BCUT2D eigenvalue weighted by molar-refractivity contribution is 5.85. The van der Waals surface area contributed by atoms with E-state index in [1.165, 1.54) is 11.1 Å². The van der Waals surface area contributed by atoms with E-state index in [0.29, 0.717) is 12.5 Å². The van der Waals surface area contributed by atoms with Crippen LogP contribution in [0, 0.1) is 5.41 Å². The summed E-state index contributed by atoms with van der Waals surface area (Å²) in [7, 11) is 5.49. The molecule has 2 aliphatic carbocycles. The number of nitrogens with zero attached hydrogens (tertiary/aromatic N) is 2. The number of aliphatic imine (C=N–C) groups is 1. The average molecular weight is 342 g/mol. The molecule has 3 rings (SSSR count). The van der Waals surface area contributed by atoms with Gasteiger partial charge in [-0.2, -0.15) is 0 Å². The zero-order chi connectivity index (χ0) is 17.9. The molecule has 0 saturated heterocycles. The minimum Gasteiger partial charge on any atom is -0.356 e. The Bertz CT molecular complexity index is 647. The third-order valence-corrected chi connectivity index (χ3v) is 5.72. The molecular formula is C20H30N4O. The first-order chi connectivity index (χ1) is 12.1. The molecule has 0 heterocycles. The molecule has 2 N–H and O–H groups in total. The number of benzene rings is 1. The number of nitrogens with one attached hydrogen (secondary N) is 2. The minimum atomic E-state index is -0.274. The van der Waals surface area contributed by atoms with Crippen LogP contribution in [0.25, 0.3) is 0 Å². The lowest BCUT2D eigenvalue weighted by molar-refractivity contribution is -0.138. The Morgan fingerprint density at radius 2 is 1.96 bits per heavy atom. The van der Waals surface area contributed by atoms with Crippen molar-refractivity contribution in [2.24, 2.45) is 10.4 Å². The monoisotopic (exact) mass is 342 g/mol. The summed E-state index contributed by atoms with van der Waals surface area (Å²) in [4.78, 5) is 18.7. The van der Waals surface area contributed by atoms with Crippen LogP contribution in [0.4, 0.5) is 0 Å². The Morgan fingerprint density at radius 1 is 1.24 bits per heavy atom. The van der Waals surface area contributed by atoms with Gasteiger partial charge in [0, 0.05) is 40.2 Å². The average Bonchev–Trinajstić information content (AvgIpc) is 3.07. The van der Waals surface area contributed by atoms with Crippen LogP contribution in [0.15, 0.2) is 29.3 Å².